The molecule has 2 N–H and O–H groups in total. The highest BCUT2D eigenvalue weighted by Gasteiger charge is 2.37. The van der Waals surface area contributed by atoms with E-state index in [1.807, 2.05) is 0 Å². The van der Waals surface area contributed by atoms with Crippen molar-refractivity contribution in [3.05, 3.63) is 0 Å². The van der Waals surface area contributed by atoms with Gasteiger partial charge in [-0.3, -0.25) is 4.79 Å². The monoisotopic (exact) mass is 198 g/mol. The molecule has 79 valence electrons. The van der Waals surface area contributed by atoms with Gasteiger partial charge in [0.1, 0.15) is 5.60 Å². The molecule has 0 aliphatic carbocycles. The predicted octanol–water partition coefficient (Wildman–Crippen LogP) is 0.890. The standard InChI is InChI=1S/C9H17BNO3/c1-6(12)10-7(13)14-9(4,5)8(2,3)11/h11H2,1-5H3. The van der Waals surface area contributed by atoms with Crippen LogP contribution < -0.4 is 5.73 Å². The number of hydrogen-bond donors (Lipinski definition) is 1. The normalized spacial score (nSPS) is 12.1. The molecule has 14 heavy (non-hydrogen) atoms. The van der Waals surface area contributed by atoms with Gasteiger partial charge in [0, 0.05) is 5.54 Å². The lowest BCUT2D eigenvalue weighted by Crippen LogP contribution is -2.55. The molecule has 0 fully saturated rings. The Labute approximate surface area is 85.4 Å². The van der Waals surface area contributed by atoms with Gasteiger partial charge in [0.15, 0.2) is 0 Å². The van der Waals surface area contributed by atoms with Crippen molar-refractivity contribution in [2.45, 2.75) is 45.8 Å². The maximum atomic E-state index is 11.2. The smallest absolute Gasteiger partial charge is 0.347 e. The molecular formula is C9H17BNO3. The second kappa shape index (κ2) is 4.13. The highest BCUT2D eigenvalue weighted by atomic mass is 16.6. The molecule has 0 rings (SSSR count). The van der Waals surface area contributed by atoms with Crippen molar-refractivity contribution in [1.82, 2.24) is 0 Å². The Morgan fingerprint density at radius 3 is 1.93 bits per heavy atom. The summed E-state index contributed by atoms with van der Waals surface area (Å²) in [6, 6.07) is 0. The van der Waals surface area contributed by atoms with Crippen LogP contribution in [0.1, 0.15) is 34.6 Å². The van der Waals surface area contributed by atoms with E-state index >= 15 is 0 Å². The minimum absolute atomic E-state index is 0.333. The van der Waals surface area contributed by atoms with E-state index < -0.39 is 17.0 Å². The lowest BCUT2D eigenvalue weighted by molar-refractivity contribution is -0.110. The molecule has 0 aliphatic heterocycles. The Balaban J connectivity index is 4.37. The molecule has 0 amide bonds. The summed E-state index contributed by atoms with van der Waals surface area (Å²) in [5.74, 6) is -0.652. The summed E-state index contributed by atoms with van der Waals surface area (Å²) < 4.78 is 5.07. The van der Waals surface area contributed by atoms with Crippen LogP contribution in [0.2, 0.25) is 0 Å². The van der Waals surface area contributed by atoms with E-state index in [0.29, 0.717) is 0 Å². The zero-order valence-corrected chi connectivity index (χ0v) is 9.38. The second-order valence-corrected chi connectivity index (χ2v) is 4.41. The predicted molar refractivity (Wildman–Crippen MR) is 55.3 cm³/mol. The molecule has 0 spiro atoms. The molecule has 0 aliphatic rings. The molecule has 0 aromatic heterocycles. The fourth-order valence-electron chi connectivity index (χ4n) is 0.578. The van der Waals surface area contributed by atoms with E-state index in [-0.39, 0.29) is 5.68 Å². The maximum absolute atomic E-state index is 11.2. The molecule has 1 radical (unpaired) electrons. The van der Waals surface area contributed by atoms with Crippen LogP contribution in [-0.4, -0.2) is 30.0 Å². The minimum Gasteiger partial charge on any atom is -0.466 e. The zero-order chi connectivity index (χ0) is 11.6. The second-order valence-electron chi connectivity index (χ2n) is 4.41. The first-order valence-electron chi connectivity index (χ1n) is 4.43. The largest absolute Gasteiger partial charge is 0.466 e. The fraction of sp³-hybridized carbons (Fsp3) is 0.778. The van der Waals surface area contributed by atoms with Gasteiger partial charge in [0.25, 0.3) is 5.87 Å². The van der Waals surface area contributed by atoms with Crippen molar-refractivity contribution in [2.75, 3.05) is 0 Å². The summed E-state index contributed by atoms with van der Waals surface area (Å²) >= 11 is 0. The lowest BCUT2D eigenvalue weighted by atomic mass is 9.74. The van der Waals surface area contributed by atoms with Crippen LogP contribution in [0.15, 0.2) is 0 Å². The number of carbonyl (C=O) groups is 2. The van der Waals surface area contributed by atoms with Gasteiger partial charge in [-0.25, -0.2) is 0 Å². The molecular weight excluding hydrogens is 181 g/mol. The van der Waals surface area contributed by atoms with Gasteiger partial charge in [-0.05, 0) is 34.6 Å². The van der Waals surface area contributed by atoms with E-state index in [2.05, 4.69) is 0 Å². The average Bonchev–Trinajstić information content (AvgIpc) is 1.79. The minimum atomic E-state index is -0.809. The molecule has 5 heteroatoms. The van der Waals surface area contributed by atoms with Gasteiger partial charge in [0.2, 0.25) is 0 Å². The summed E-state index contributed by atoms with van der Waals surface area (Å²) in [4.78, 5) is 21.8. The first kappa shape index (κ1) is 13.2. The molecule has 4 nitrogen and oxygen atoms in total. The van der Waals surface area contributed by atoms with Crippen molar-refractivity contribution in [3.63, 3.8) is 0 Å². The summed E-state index contributed by atoms with van der Waals surface area (Å²) in [6.07, 6.45) is 0. The molecule has 0 aromatic carbocycles. The molecule has 0 saturated carbocycles. The number of hydrogen-bond acceptors (Lipinski definition) is 4. The maximum Gasteiger partial charge on any atom is 0.347 e. The highest BCUT2D eigenvalue weighted by Crippen LogP contribution is 2.22. The van der Waals surface area contributed by atoms with Crippen molar-refractivity contribution >= 4 is 18.8 Å². The lowest BCUT2D eigenvalue weighted by Gasteiger charge is -2.37. The van der Waals surface area contributed by atoms with Crippen LogP contribution in [0.25, 0.3) is 0 Å². The molecule has 0 atom stereocenters. The quantitative estimate of drug-likeness (QED) is 0.681. The summed E-state index contributed by atoms with van der Waals surface area (Å²) in [5, 5.41) is 0. The number of ether oxygens (including phenoxy) is 1. The van der Waals surface area contributed by atoms with Gasteiger partial charge in [-0.15, -0.1) is 0 Å². The SMILES string of the molecule is CC(=O)[B]C(=O)OC(C)(C)C(C)(C)N. The number of nitrogens with two attached hydrogens (primary N) is 1. The summed E-state index contributed by atoms with van der Waals surface area (Å²) in [7, 11) is 0.910. The summed E-state index contributed by atoms with van der Waals surface area (Å²) in [6.45, 7) is 8.22. The van der Waals surface area contributed by atoms with Gasteiger partial charge in [0.05, 0.1) is 5.68 Å². The van der Waals surface area contributed by atoms with Crippen LogP contribution in [0, 0.1) is 0 Å². The number of rotatable bonds is 4. The van der Waals surface area contributed by atoms with Crippen LogP contribution in [-0.2, 0) is 9.53 Å². The highest BCUT2D eigenvalue weighted by molar-refractivity contribution is 6.95. The van der Waals surface area contributed by atoms with Crippen LogP contribution in [0.4, 0.5) is 4.79 Å². The van der Waals surface area contributed by atoms with Crippen LogP contribution >= 0.6 is 0 Å². The molecule has 0 bridgehead atoms. The van der Waals surface area contributed by atoms with Crippen LogP contribution in [0.5, 0.6) is 0 Å². The molecule has 0 aromatic rings. The van der Waals surface area contributed by atoms with Crippen molar-refractivity contribution in [2.24, 2.45) is 5.73 Å². The van der Waals surface area contributed by atoms with Crippen molar-refractivity contribution < 1.29 is 14.3 Å². The molecule has 0 heterocycles. The Morgan fingerprint density at radius 2 is 1.64 bits per heavy atom. The Bertz CT molecular complexity index is 243. The first-order valence-corrected chi connectivity index (χ1v) is 4.43. The topological polar surface area (TPSA) is 69.4 Å². The van der Waals surface area contributed by atoms with Gasteiger partial charge < -0.3 is 15.3 Å². The molecule has 0 unspecified atom stereocenters. The van der Waals surface area contributed by atoms with Crippen LogP contribution in [0.3, 0.4) is 0 Å². The van der Waals surface area contributed by atoms with E-state index in [1.54, 1.807) is 27.7 Å². The van der Waals surface area contributed by atoms with Crippen molar-refractivity contribution in [1.29, 1.82) is 0 Å². The van der Waals surface area contributed by atoms with Gasteiger partial charge in [-0.2, -0.15) is 0 Å². The Kier molecular flexibility index (Phi) is 3.88. The number of carbonyl (C=O) groups excluding carboxylic acids is 2. The fourth-order valence-corrected chi connectivity index (χ4v) is 0.578. The Morgan fingerprint density at radius 1 is 1.21 bits per heavy atom. The molecule has 0 saturated heterocycles. The van der Waals surface area contributed by atoms with E-state index in [1.165, 1.54) is 6.92 Å². The third kappa shape index (κ3) is 3.92. The van der Waals surface area contributed by atoms with E-state index in [9.17, 15) is 9.59 Å². The average molecular weight is 198 g/mol. The summed E-state index contributed by atoms with van der Waals surface area (Å²) in [5.41, 5.74) is 4.01. The van der Waals surface area contributed by atoms with E-state index in [4.69, 9.17) is 10.5 Å². The van der Waals surface area contributed by atoms with Gasteiger partial charge in [-0.1, -0.05) is 0 Å². The zero-order valence-electron chi connectivity index (χ0n) is 9.38. The third-order valence-corrected chi connectivity index (χ3v) is 2.23. The van der Waals surface area contributed by atoms with E-state index in [0.717, 1.165) is 7.28 Å². The van der Waals surface area contributed by atoms with Gasteiger partial charge >= 0.3 is 7.28 Å². The first-order chi connectivity index (χ1) is 6.06. The third-order valence-electron chi connectivity index (χ3n) is 2.23. The Hall–Kier alpha value is -0.835. The van der Waals surface area contributed by atoms with Crippen molar-refractivity contribution in [3.8, 4) is 0 Å².